The number of hydrogen-bond acceptors (Lipinski definition) is 4. The number of dihydropyridines is 1. The van der Waals surface area contributed by atoms with Crippen LogP contribution in [0.3, 0.4) is 0 Å². The molecule has 2 atom stereocenters. The summed E-state index contributed by atoms with van der Waals surface area (Å²) in [5, 5.41) is 3.25. The molecule has 0 radical (unpaired) electrons. The Balaban J connectivity index is 2.16. The lowest BCUT2D eigenvalue weighted by Crippen LogP contribution is -2.36. The van der Waals surface area contributed by atoms with Gasteiger partial charge in [-0.1, -0.05) is 0 Å². The second-order valence-corrected chi connectivity index (χ2v) is 4.10. The van der Waals surface area contributed by atoms with Crippen molar-refractivity contribution >= 4 is 6.21 Å². The smallest absolute Gasteiger partial charge is 0.180 e. The quantitative estimate of drug-likeness (QED) is 0.781. The Hall–Kier alpha value is -1.97. The van der Waals surface area contributed by atoms with Crippen molar-refractivity contribution in [2.75, 3.05) is 14.2 Å². The van der Waals surface area contributed by atoms with Crippen LogP contribution in [0.2, 0.25) is 0 Å². The molecule has 0 bridgehead atoms. The fraction of sp³-hybridized carbons (Fsp3) is 0.308. The maximum absolute atomic E-state index is 5.44. The molecule has 17 heavy (non-hydrogen) atoms. The molecular weight excluding hydrogens is 216 g/mol. The maximum Gasteiger partial charge on any atom is 0.180 e. The summed E-state index contributed by atoms with van der Waals surface area (Å²) in [7, 11) is 3.31. The van der Waals surface area contributed by atoms with Crippen LogP contribution in [0.25, 0.3) is 0 Å². The average molecular weight is 230 g/mol. The van der Waals surface area contributed by atoms with Crippen LogP contribution >= 0.6 is 0 Å². The van der Waals surface area contributed by atoms with Crippen molar-refractivity contribution in [2.45, 2.75) is 6.04 Å². The van der Waals surface area contributed by atoms with Crippen molar-refractivity contribution in [3.8, 4) is 0 Å². The first kappa shape index (κ1) is 10.2. The van der Waals surface area contributed by atoms with Gasteiger partial charge in [-0.3, -0.25) is 4.99 Å². The molecule has 4 nitrogen and oxygen atoms in total. The molecule has 2 unspecified atom stereocenters. The fourth-order valence-electron chi connectivity index (χ4n) is 2.50. The Morgan fingerprint density at radius 2 is 2.18 bits per heavy atom. The Bertz CT molecular complexity index is 498. The lowest BCUT2D eigenvalue weighted by Gasteiger charge is -2.35. The van der Waals surface area contributed by atoms with Crippen molar-refractivity contribution in [3.05, 3.63) is 47.2 Å². The summed E-state index contributed by atoms with van der Waals surface area (Å²) in [4.78, 5) is 4.47. The van der Waals surface area contributed by atoms with Gasteiger partial charge >= 0.3 is 0 Å². The molecular formula is C13H14N2O2. The molecule has 0 aromatic heterocycles. The van der Waals surface area contributed by atoms with Gasteiger partial charge < -0.3 is 14.8 Å². The monoisotopic (exact) mass is 230 g/mol. The minimum Gasteiger partial charge on any atom is -0.493 e. The second kappa shape index (κ2) is 3.80. The summed E-state index contributed by atoms with van der Waals surface area (Å²) in [6.07, 6.45) is 9.87. The lowest BCUT2D eigenvalue weighted by atomic mass is 9.81. The molecule has 4 heteroatoms. The lowest BCUT2D eigenvalue weighted by molar-refractivity contribution is 0.208. The standard InChI is InChI=1S/C13H14N2O2/c1-16-10-7-8-3-5-14-9-4-6-15-12(11(8)9)13(10)17-2/h3-7,9,11,15H,1-2H3. The molecule has 0 saturated heterocycles. The molecule has 3 rings (SSSR count). The molecule has 0 fully saturated rings. The third-order valence-corrected chi connectivity index (χ3v) is 3.26. The van der Waals surface area contributed by atoms with E-state index in [1.165, 1.54) is 5.57 Å². The Morgan fingerprint density at radius 3 is 2.94 bits per heavy atom. The summed E-state index contributed by atoms with van der Waals surface area (Å²) >= 11 is 0. The summed E-state index contributed by atoms with van der Waals surface area (Å²) < 4.78 is 10.8. The van der Waals surface area contributed by atoms with Gasteiger partial charge in [-0.25, -0.2) is 0 Å². The van der Waals surface area contributed by atoms with Gasteiger partial charge in [0, 0.05) is 6.21 Å². The van der Waals surface area contributed by atoms with Gasteiger partial charge in [-0.05, 0) is 30.0 Å². The molecule has 0 aromatic rings. The highest BCUT2D eigenvalue weighted by atomic mass is 16.5. The predicted octanol–water partition coefficient (Wildman–Crippen LogP) is 1.50. The van der Waals surface area contributed by atoms with Crippen LogP contribution in [0.4, 0.5) is 0 Å². The topological polar surface area (TPSA) is 42.8 Å². The van der Waals surface area contributed by atoms with E-state index in [9.17, 15) is 0 Å². The maximum atomic E-state index is 5.44. The first-order valence-electron chi connectivity index (χ1n) is 5.56. The highest BCUT2D eigenvalue weighted by Crippen LogP contribution is 2.39. The van der Waals surface area contributed by atoms with Crippen molar-refractivity contribution in [3.63, 3.8) is 0 Å². The van der Waals surface area contributed by atoms with E-state index < -0.39 is 0 Å². The SMILES string of the molecule is COC1=CC2=CC=NC3C=CNC(=C1OC)C23. The van der Waals surface area contributed by atoms with Crippen LogP contribution in [0.15, 0.2) is 52.2 Å². The highest BCUT2D eigenvalue weighted by Gasteiger charge is 2.36. The minimum atomic E-state index is 0.158. The van der Waals surface area contributed by atoms with Crippen molar-refractivity contribution in [1.29, 1.82) is 0 Å². The number of rotatable bonds is 2. The highest BCUT2D eigenvalue weighted by molar-refractivity contribution is 5.76. The second-order valence-electron chi connectivity index (χ2n) is 4.10. The van der Waals surface area contributed by atoms with E-state index in [4.69, 9.17) is 9.47 Å². The van der Waals surface area contributed by atoms with E-state index in [1.54, 1.807) is 14.2 Å². The van der Waals surface area contributed by atoms with E-state index in [1.807, 2.05) is 24.6 Å². The molecule has 1 aliphatic carbocycles. The number of nitrogens with zero attached hydrogens (tertiary/aromatic N) is 1. The number of allylic oxidation sites excluding steroid dienone is 2. The van der Waals surface area contributed by atoms with Crippen LogP contribution in [0.1, 0.15) is 0 Å². The zero-order valence-corrected chi connectivity index (χ0v) is 9.81. The summed E-state index contributed by atoms with van der Waals surface area (Å²) in [5.41, 5.74) is 2.23. The first-order valence-corrected chi connectivity index (χ1v) is 5.56. The third kappa shape index (κ3) is 1.40. The van der Waals surface area contributed by atoms with Crippen molar-refractivity contribution in [1.82, 2.24) is 5.32 Å². The van der Waals surface area contributed by atoms with E-state index in [-0.39, 0.29) is 12.0 Å². The zero-order valence-electron chi connectivity index (χ0n) is 9.81. The molecule has 3 aliphatic rings. The molecule has 0 amide bonds. The Kier molecular flexibility index (Phi) is 2.28. The molecule has 0 saturated carbocycles. The van der Waals surface area contributed by atoms with Crippen LogP contribution < -0.4 is 5.32 Å². The van der Waals surface area contributed by atoms with Crippen LogP contribution in [-0.4, -0.2) is 26.5 Å². The minimum absolute atomic E-state index is 0.158. The van der Waals surface area contributed by atoms with E-state index in [0.29, 0.717) is 0 Å². The third-order valence-electron chi connectivity index (χ3n) is 3.26. The van der Waals surface area contributed by atoms with Gasteiger partial charge in [0.05, 0.1) is 31.9 Å². The van der Waals surface area contributed by atoms with Gasteiger partial charge in [0.15, 0.2) is 11.5 Å². The van der Waals surface area contributed by atoms with Crippen LogP contribution in [0.5, 0.6) is 0 Å². The molecule has 2 heterocycles. The van der Waals surface area contributed by atoms with E-state index in [2.05, 4.69) is 16.4 Å². The van der Waals surface area contributed by atoms with Gasteiger partial charge in [0.25, 0.3) is 0 Å². The van der Waals surface area contributed by atoms with Gasteiger partial charge in [-0.15, -0.1) is 0 Å². The van der Waals surface area contributed by atoms with Crippen LogP contribution in [0, 0.1) is 5.92 Å². The molecule has 0 aromatic carbocycles. The zero-order chi connectivity index (χ0) is 11.8. The van der Waals surface area contributed by atoms with E-state index in [0.717, 1.165) is 17.2 Å². The van der Waals surface area contributed by atoms with Crippen LogP contribution in [-0.2, 0) is 9.47 Å². The van der Waals surface area contributed by atoms with E-state index >= 15 is 0 Å². The van der Waals surface area contributed by atoms with Gasteiger partial charge in [0.2, 0.25) is 0 Å². The molecule has 1 N–H and O–H groups in total. The number of ether oxygens (including phenoxy) is 2. The fourth-order valence-corrected chi connectivity index (χ4v) is 2.50. The number of nitrogens with one attached hydrogen (secondary N) is 1. The van der Waals surface area contributed by atoms with Crippen molar-refractivity contribution in [2.24, 2.45) is 10.9 Å². The Labute approximate surface area is 100 Å². The largest absolute Gasteiger partial charge is 0.493 e. The number of hydrogen-bond donors (Lipinski definition) is 1. The predicted molar refractivity (Wildman–Crippen MR) is 65.3 cm³/mol. The summed E-state index contributed by atoms with van der Waals surface area (Å²) in [5.74, 6) is 1.74. The Morgan fingerprint density at radius 1 is 1.29 bits per heavy atom. The first-order chi connectivity index (χ1) is 8.35. The number of aliphatic imine (C=N–C) groups is 1. The molecule has 2 aliphatic heterocycles. The normalized spacial score (nSPS) is 29.1. The average Bonchev–Trinajstić information content (AvgIpc) is 2.39. The van der Waals surface area contributed by atoms with Gasteiger partial charge in [-0.2, -0.15) is 0 Å². The van der Waals surface area contributed by atoms with Gasteiger partial charge in [0.1, 0.15) is 0 Å². The molecule has 0 spiro atoms. The summed E-state index contributed by atoms with van der Waals surface area (Å²) in [6.45, 7) is 0. The molecule has 88 valence electrons. The number of methoxy groups -OCH3 is 2. The van der Waals surface area contributed by atoms with Crippen molar-refractivity contribution < 1.29 is 9.47 Å². The summed E-state index contributed by atoms with van der Waals surface area (Å²) in [6, 6.07) is 0.158.